The molecule has 1 aliphatic rings. The van der Waals surface area contributed by atoms with Gasteiger partial charge in [-0.2, -0.15) is 0 Å². The minimum Gasteiger partial charge on any atom is -0.372 e. The Labute approximate surface area is 85.0 Å². The van der Waals surface area contributed by atoms with E-state index >= 15 is 0 Å². The molecule has 1 saturated heterocycles. The van der Waals surface area contributed by atoms with E-state index in [0.29, 0.717) is 0 Å². The van der Waals surface area contributed by atoms with Crippen LogP contribution in [0.3, 0.4) is 0 Å². The molecule has 0 bridgehead atoms. The monoisotopic (exact) mass is 191 g/mol. The molecule has 0 aromatic heterocycles. The van der Waals surface area contributed by atoms with Gasteiger partial charge in [0, 0.05) is 13.0 Å². The molecule has 1 aliphatic heterocycles. The number of hydrogen-bond acceptors (Lipinski definition) is 2. The maximum atomic E-state index is 10.4. The molecule has 14 heavy (non-hydrogen) atoms. The van der Waals surface area contributed by atoms with Crippen molar-refractivity contribution in [3.8, 4) is 0 Å². The standard InChI is InChI=1S/C12H17NO/c1-11(2)8-12(14,13-9-11)10-6-4-3-5-7-10/h3-7,13-14H,8-9H2,1-2H3. The number of nitrogens with one attached hydrogen (secondary N) is 1. The molecular formula is C12H17NO. The van der Waals surface area contributed by atoms with Crippen molar-refractivity contribution in [1.29, 1.82) is 0 Å². The predicted molar refractivity (Wildman–Crippen MR) is 56.7 cm³/mol. The lowest BCUT2D eigenvalue weighted by molar-refractivity contribution is 0.0125. The molecule has 1 unspecified atom stereocenters. The molecule has 0 radical (unpaired) electrons. The van der Waals surface area contributed by atoms with Crippen molar-refractivity contribution in [3.63, 3.8) is 0 Å². The van der Waals surface area contributed by atoms with Gasteiger partial charge in [-0.25, -0.2) is 0 Å². The first kappa shape index (κ1) is 9.69. The smallest absolute Gasteiger partial charge is 0.142 e. The van der Waals surface area contributed by atoms with Crippen LogP contribution in [0.1, 0.15) is 25.8 Å². The fraction of sp³-hybridized carbons (Fsp3) is 0.500. The average Bonchev–Trinajstić information content (AvgIpc) is 2.44. The first-order valence-electron chi connectivity index (χ1n) is 5.05. The van der Waals surface area contributed by atoms with Crippen molar-refractivity contribution in [2.24, 2.45) is 5.41 Å². The molecule has 0 saturated carbocycles. The Morgan fingerprint density at radius 2 is 1.86 bits per heavy atom. The van der Waals surface area contributed by atoms with E-state index < -0.39 is 5.72 Å². The average molecular weight is 191 g/mol. The lowest BCUT2D eigenvalue weighted by atomic mass is 9.87. The maximum Gasteiger partial charge on any atom is 0.142 e. The van der Waals surface area contributed by atoms with Gasteiger partial charge in [-0.15, -0.1) is 0 Å². The van der Waals surface area contributed by atoms with Crippen LogP contribution in [0.4, 0.5) is 0 Å². The van der Waals surface area contributed by atoms with Crippen LogP contribution in [0.25, 0.3) is 0 Å². The molecule has 2 N–H and O–H groups in total. The zero-order valence-corrected chi connectivity index (χ0v) is 8.75. The van der Waals surface area contributed by atoms with Crippen molar-refractivity contribution < 1.29 is 5.11 Å². The van der Waals surface area contributed by atoms with E-state index in [-0.39, 0.29) is 5.41 Å². The van der Waals surface area contributed by atoms with E-state index in [1.807, 2.05) is 30.3 Å². The summed E-state index contributed by atoms with van der Waals surface area (Å²) in [4.78, 5) is 0. The molecule has 0 aliphatic carbocycles. The van der Waals surface area contributed by atoms with Gasteiger partial charge in [-0.05, 0) is 11.0 Å². The molecule has 0 amide bonds. The molecule has 1 heterocycles. The largest absolute Gasteiger partial charge is 0.372 e. The highest BCUT2D eigenvalue weighted by Gasteiger charge is 2.42. The SMILES string of the molecule is CC1(C)CNC(O)(c2ccccc2)C1. The van der Waals surface area contributed by atoms with Gasteiger partial charge in [-0.3, -0.25) is 5.32 Å². The van der Waals surface area contributed by atoms with Crippen molar-refractivity contribution in [2.75, 3.05) is 6.54 Å². The van der Waals surface area contributed by atoms with E-state index in [4.69, 9.17) is 0 Å². The summed E-state index contributed by atoms with van der Waals surface area (Å²) in [5.41, 5.74) is 0.306. The summed E-state index contributed by atoms with van der Waals surface area (Å²) in [5, 5.41) is 13.6. The highest BCUT2D eigenvalue weighted by molar-refractivity contribution is 5.23. The van der Waals surface area contributed by atoms with Crippen molar-refractivity contribution in [1.82, 2.24) is 5.32 Å². The normalized spacial score (nSPS) is 30.5. The quantitative estimate of drug-likeness (QED) is 0.710. The van der Waals surface area contributed by atoms with Crippen molar-refractivity contribution in [3.05, 3.63) is 35.9 Å². The Morgan fingerprint density at radius 1 is 1.21 bits per heavy atom. The Balaban J connectivity index is 2.27. The summed E-state index contributed by atoms with van der Waals surface area (Å²) in [6.45, 7) is 5.19. The fourth-order valence-electron chi connectivity index (χ4n) is 2.12. The van der Waals surface area contributed by atoms with Crippen LogP contribution in [0.2, 0.25) is 0 Å². The molecule has 0 spiro atoms. The minimum absolute atomic E-state index is 0.171. The van der Waals surface area contributed by atoms with Gasteiger partial charge < -0.3 is 5.11 Å². The second-order valence-electron chi connectivity index (χ2n) is 4.92. The summed E-state index contributed by atoms with van der Waals surface area (Å²) in [6, 6.07) is 9.82. The van der Waals surface area contributed by atoms with Crippen LogP contribution in [-0.2, 0) is 5.72 Å². The Kier molecular flexibility index (Phi) is 2.13. The molecule has 2 rings (SSSR count). The molecule has 1 fully saturated rings. The molecule has 1 aromatic carbocycles. The van der Waals surface area contributed by atoms with E-state index in [1.165, 1.54) is 0 Å². The first-order chi connectivity index (χ1) is 6.52. The molecule has 2 nitrogen and oxygen atoms in total. The van der Waals surface area contributed by atoms with Gasteiger partial charge in [0.05, 0.1) is 0 Å². The molecular weight excluding hydrogens is 174 g/mol. The minimum atomic E-state index is -0.829. The van der Waals surface area contributed by atoms with Crippen LogP contribution in [0, 0.1) is 5.41 Å². The van der Waals surface area contributed by atoms with Crippen LogP contribution in [0.15, 0.2) is 30.3 Å². The number of rotatable bonds is 1. The molecule has 76 valence electrons. The third-order valence-corrected chi connectivity index (χ3v) is 2.85. The lowest BCUT2D eigenvalue weighted by Crippen LogP contribution is -2.36. The van der Waals surface area contributed by atoms with Gasteiger partial charge in [0.1, 0.15) is 5.72 Å². The predicted octanol–water partition coefficient (Wildman–Crippen LogP) is 1.85. The van der Waals surface area contributed by atoms with Gasteiger partial charge in [0.15, 0.2) is 0 Å². The Morgan fingerprint density at radius 3 is 2.36 bits per heavy atom. The van der Waals surface area contributed by atoms with Crippen molar-refractivity contribution >= 4 is 0 Å². The zero-order valence-electron chi connectivity index (χ0n) is 8.75. The fourth-order valence-corrected chi connectivity index (χ4v) is 2.12. The van der Waals surface area contributed by atoms with Crippen LogP contribution in [-0.4, -0.2) is 11.7 Å². The van der Waals surface area contributed by atoms with E-state index in [1.54, 1.807) is 0 Å². The highest BCUT2D eigenvalue weighted by Crippen LogP contribution is 2.38. The third kappa shape index (κ3) is 1.68. The summed E-state index contributed by atoms with van der Waals surface area (Å²) < 4.78 is 0. The first-order valence-corrected chi connectivity index (χ1v) is 5.05. The van der Waals surface area contributed by atoms with Crippen LogP contribution >= 0.6 is 0 Å². The highest BCUT2D eigenvalue weighted by atomic mass is 16.3. The van der Waals surface area contributed by atoms with Gasteiger partial charge in [0.2, 0.25) is 0 Å². The van der Waals surface area contributed by atoms with Gasteiger partial charge >= 0.3 is 0 Å². The number of hydrogen-bond donors (Lipinski definition) is 2. The second kappa shape index (κ2) is 3.07. The summed E-state index contributed by atoms with van der Waals surface area (Å²) in [5.74, 6) is 0. The van der Waals surface area contributed by atoms with Crippen LogP contribution in [0.5, 0.6) is 0 Å². The maximum absolute atomic E-state index is 10.4. The summed E-state index contributed by atoms with van der Waals surface area (Å²) in [6.07, 6.45) is 0.768. The molecule has 1 atom stereocenters. The molecule has 2 heteroatoms. The van der Waals surface area contributed by atoms with E-state index in [9.17, 15) is 5.11 Å². The van der Waals surface area contributed by atoms with Crippen LogP contribution < -0.4 is 5.32 Å². The topological polar surface area (TPSA) is 32.3 Å². The van der Waals surface area contributed by atoms with E-state index in [0.717, 1.165) is 18.5 Å². The molecule has 1 aromatic rings. The van der Waals surface area contributed by atoms with E-state index in [2.05, 4.69) is 19.2 Å². The summed E-state index contributed by atoms with van der Waals surface area (Å²) in [7, 11) is 0. The van der Waals surface area contributed by atoms with Crippen molar-refractivity contribution in [2.45, 2.75) is 26.0 Å². The third-order valence-electron chi connectivity index (χ3n) is 2.85. The number of benzene rings is 1. The Bertz CT molecular complexity index is 320. The summed E-state index contributed by atoms with van der Waals surface area (Å²) >= 11 is 0. The number of aliphatic hydroxyl groups is 1. The Hall–Kier alpha value is -0.860. The second-order valence-corrected chi connectivity index (χ2v) is 4.92. The zero-order chi connectivity index (χ0) is 10.2. The van der Waals surface area contributed by atoms with Gasteiger partial charge in [-0.1, -0.05) is 44.2 Å². The van der Waals surface area contributed by atoms with Gasteiger partial charge in [0.25, 0.3) is 0 Å². The lowest BCUT2D eigenvalue weighted by Gasteiger charge is -2.24.